The van der Waals surface area contributed by atoms with Crippen molar-refractivity contribution in [2.24, 2.45) is 0 Å². The molecular weight excluding hydrogens is 283 g/mol. The van der Waals surface area contributed by atoms with Crippen LogP contribution in [-0.2, 0) is 11.3 Å². The number of ether oxygens (including phenoxy) is 1. The van der Waals surface area contributed by atoms with Crippen LogP contribution in [0, 0.1) is 5.82 Å². The van der Waals surface area contributed by atoms with Crippen LogP contribution in [0.2, 0.25) is 0 Å². The molecule has 0 saturated carbocycles. The molecule has 22 heavy (non-hydrogen) atoms. The number of carbonyl (C=O) groups is 1. The van der Waals surface area contributed by atoms with Gasteiger partial charge >= 0.3 is 0 Å². The number of nitrogens with one attached hydrogen (secondary N) is 2. The maximum atomic E-state index is 13.4. The lowest BCUT2D eigenvalue weighted by atomic mass is 10.2. The third-order valence-corrected chi connectivity index (χ3v) is 3.18. The zero-order valence-electron chi connectivity index (χ0n) is 12.4. The molecule has 0 atom stereocenters. The quantitative estimate of drug-likeness (QED) is 0.827. The Morgan fingerprint density at radius 3 is 2.77 bits per heavy atom. The summed E-state index contributed by atoms with van der Waals surface area (Å²) >= 11 is 0. The molecule has 0 fully saturated rings. The molecule has 116 valence electrons. The predicted octanol–water partition coefficient (Wildman–Crippen LogP) is 2.95. The number of hydrogen-bond donors (Lipinski definition) is 2. The van der Waals surface area contributed by atoms with Gasteiger partial charge in [-0.15, -0.1) is 0 Å². The first kappa shape index (κ1) is 15.8. The molecular formula is C17H19FN2O2. The largest absolute Gasteiger partial charge is 0.497 e. The first-order valence-electron chi connectivity index (χ1n) is 7.07. The lowest BCUT2D eigenvalue weighted by molar-refractivity contribution is -0.121. The molecule has 0 bridgehead atoms. The molecule has 0 aliphatic rings. The van der Waals surface area contributed by atoms with E-state index in [1.54, 1.807) is 25.3 Å². The Labute approximate surface area is 129 Å². The maximum absolute atomic E-state index is 13.4. The Kier molecular flexibility index (Phi) is 5.77. The second-order valence-electron chi connectivity index (χ2n) is 4.78. The molecule has 2 N–H and O–H groups in total. The Hall–Kier alpha value is -2.56. The summed E-state index contributed by atoms with van der Waals surface area (Å²) in [6, 6.07) is 13.9. The molecule has 0 aliphatic carbocycles. The molecule has 1 amide bonds. The third kappa shape index (κ3) is 4.77. The average molecular weight is 302 g/mol. The number of anilines is 1. The van der Waals surface area contributed by atoms with Crippen LogP contribution >= 0.6 is 0 Å². The third-order valence-electron chi connectivity index (χ3n) is 3.18. The van der Waals surface area contributed by atoms with Crippen molar-refractivity contribution in [2.75, 3.05) is 19.0 Å². The summed E-state index contributed by atoms with van der Waals surface area (Å²) < 4.78 is 18.5. The van der Waals surface area contributed by atoms with Crippen molar-refractivity contribution in [3.05, 3.63) is 59.9 Å². The zero-order valence-corrected chi connectivity index (χ0v) is 12.4. The highest BCUT2D eigenvalue weighted by molar-refractivity contribution is 5.76. The average Bonchev–Trinajstić information content (AvgIpc) is 2.54. The molecule has 5 heteroatoms. The standard InChI is InChI=1S/C17H19FN2O2/c1-22-15-7-4-6-14(11-15)19-10-9-17(21)20-12-13-5-2-3-8-16(13)18/h2-8,11,19H,9-10,12H2,1H3,(H,20,21). The molecule has 0 saturated heterocycles. The fourth-order valence-electron chi connectivity index (χ4n) is 1.98. The van der Waals surface area contributed by atoms with Gasteiger partial charge in [0, 0.05) is 36.8 Å². The van der Waals surface area contributed by atoms with E-state index in [9.17, 15) is 9.18 Å². The van der Waals surface area contributed by atoms with E-state index >= 15 is 0 Å². The van der Waals surface area contributed by atoms with E-state index in [0.29, 0.717) is 18.5 Å². The summed E-state index contributed by atoms with van der Waals surface area (Å²) in [6.45, 7) is 0.695. The van der Waals surface area contributed by atoms with Crippen LogP contribution in [0.15, 0.2) is 48.5 Å². The number of carbonyl (C=O) groups excluding carboxylic acids is 1. The van der Waals surface area contributed by atoms with E-state index in [1.807, 2.05) is 24.3 Å². The van der Waals surface area contributed by atoms with Gasteiger partial charge in [0.2, 0.25) is 5.91 Å². The first-order valence-corrected chi connectivity index (χ1v) is 7.07. The molecule has 0 radical (unpaired) electrons. The molecule has 2 rings (SSSR count). The maximum Gasteiger partial charge on any atom is 0.222 e. The Morgan fingerprint density at radius 1 is 1.18 bits per heavy atom. The molecule has 0 unspecified atom stereocenters. The van der Waals surface area contributed by atoms with Crippen molar-refractivity contribution in [3.63, 3.8) is 0 Å². The summed E-state index contributed by atoms with van der Waals surface area (Å²) in [5, 5.41) is 5.85. The monoisotopic (exact) mass is 302 g/mol. The summed E-state index contributed by atoms with van der Waals surface area (Å²) in [5.41, 5.74) is 1.37. The number of rotatable bonds is 7. The molecule has 0 aromatic heterocycles. The van der Waals surface area contributed by atoms with Gasteiger partial charge in [-0.25, -0.2) is 4.39 Å². The summed E-state index contributed by atoms with van der Waals surface area (Å²) in [7, 11) is 1.61. The van der Waals surface area contributed by atoms with Crippen molar-refractivity contribution in [3.8, 4) is 5.75 Å². The van der Waals surface area contributed by atoms with Crippen molar-refractivity contribution in [1.82, 2.24) is 5.32 Å². The highest BCUT2D eigenvalue weighted by atomic mass is 19.1. The second kappa shape index (κ2) is 8.02. The van der Waals surface area contributed by atoms with E-state index in [1.165, 1.54) is 6.07 Å². The first-order chi connectivity index (χ1) is 10.7. The van der Waals surface area contributed by atoms with Gasteiger partial charge in [0.05, 0.1) is 7.11 Å². The van der Waals surface area contributed by atoms with E-state index in [2.05, 4.69) is 10.6 Å². The van der Waals surface area contributed by atoms with Gasteiger partial charge in [-0.05, 0) is 18.2 Å². The molecule has 0 heterocycles. The van der Waals surface area contributed by atoms with Crippen LogP contribution in [0.3, 0.4) is 0 Å². The Balaban J connectivity index is 1.72. The van der Waals surface area contributed by atoms with Crippen LogP contribution in [0.4, 0.5) is 10.1 Å². The second-order valence-corrected chi connectivity index (χ2v) is 4.78. The van der Waals surface area contributed by atoms with E-state index < -0.39 is 0 Å². The number of hydrogen-bond acceptors (Lipinski definition) is 3. The molecule has 2 aromatic carbocycles. The highest BCUT2D eigenvalue weighted by Crippen LogP contribution is 2.16. The van der Waals surface area contributed by atoms with Crippen LogP contribution in [0.25, 0.3) is 0 Å². The molecule has 4 nitrogen and oxygen atoms in total. The Morgan fingerprint density at radius 2 is 2.00 bits per heavy atom. The van der Waals surface area contributed by atoms with Gasteiger partial charge in [0.25, 0.3) is 0 Å². The topological polar surface area (TPSA) is 50.4 Å². The minimum Gasteiger partial charge on any atom is -0.497 e. The highest BCUT2D eigenvalue weighted by Gasteiger charge is 2.04. The zero-order chi connectivity index (χ0) is 15.8. The molecule has 0 aliphatic heterocycles. The fourth-order valence-corrected chi connectivity index (χ4v) is 1.98. The lowest BCUT2D eigenvalue weighted by Crippen LogP contribution is -2.25. The van der Waals surface area contributed by atoms with Gasteiger partial charge in [0.1, 0.15) is 11.6 Å². The minimum atomic E-state index is -0.308. The van der Waals surface area contributed by atoms with Gasteiger partial charge in [-0.3, -0.25) is 4.79 Å². The Bertz CT molecular complexity index is 632. The van der Waals surface area contributed by atoms with E-state index in [-0.39, 0.29) is 18.3 Å². The van der Waals surface area contributed by atoms with E-state index in [4.69, 9.17) is 4.74 Å². The minimum absolute atomic E-state index is 0.126. The van der Waals surface area contributed by atoms with Crippen LogP contribution in [0.5, 0.6) is 5.75 Å². The summed E-state index contributed by atoms with van der Waals surface area (Å²) in [6.07, 6.45) is 0.311. The van der Waals surface area contributed by atoms with Crippen molar-refractivity contribution < 1.29 is 13.9 Å². The van der Waals surface area contributed by atoms with Crippen molar-refractivity contribution in [2.45, 2.75) is 13.0 Å². The summed E-state index contributed by atoms with van der Waals surface area (Å²) in [5.74, 6) is 0.324. The predicted molar refractivity (Wildman–Crippen MR) is 84.3 cm³/mol. The van der Waals surface area contributed by atoms with E-state index in [0.717, 1.165) is 11.4 Å². The smallest absolute Gasteiger partial charge is 0.222 e. The van der Waals surface area contributed by atoms with Crippen LogP contribution in [0.1, 0.15) is 12.0 Å². The normalized spacial score (nSPS) is 10.1. The number of benzene rings is 2. The fraction of sp³-hybridized carbons (Fsp3) is 0.235. The van der Waals surface area contributed by atoms with Gasteiger partial charge in [-0.2, -0.15) is 0 Å². The SMILES string of the molecule is COc1cccc(NCCC(=O)NCc2ccccc2F)c1. The van der Waals surface area contributed by atoms with Crippen molar-refractivity contribution >= 4 is 11.6 Å². The van der Waals surface area contributed by atoms with Crippen LogP contribution < -0.4 is 15.4 Å². The van der Waals surface area contributed by atoms with Gasteiger partial charge < -0.3 is 15.4 Å². The van der Waals surface area contributed by atoms with Crippen molar-refractivity contribution in [1.29, 1.82) is 0 Å². The molecule has 0 spiro atoms. The number of methoxy groups -OCH3 is 1. The van der Waals surface area contributed by atoms with Crippen LogP contribution in [-0.4, -0.2) is 19.6 Å². The number of halogens is 1. The molecule has 2 aromatic rings. The van der Waals surface area contributed by atoms with Gasteiger partial charge in [0.15, 0.2) is 0 Å². The lowest BCUT2D eigenvalue weighted by Gasteiger charge is -2.09. The van der Waals surface area contributed by atoms with Gasteiger partial charge in [-0.1, -0.05) is 24.3 Å². The summed E-state index contributed by atoms with van der Waals surface area (Å²) in [4.78, 5) is 11.7. The number of amides is 1.